The van der Waals surface area contributed by atoms with Crippen LogP contribution in [0.3, 0.4) is 0 Å². The van der Waals surface area contributed by atoms with Gasteiger partial charge in [-0.15, -0.1) is 0 Å². The lowest BCUT2D eigenvalue weighted by atomic mass is 9.64. The second kappa shape index (κ2) is 6.93. The van der Waals surface area contributed by atoms with Gasteiger partial charge in [0.05, 0.1) is 12.2 Å². The first kappa shape index (κ1) is 17.4. The van der Waals surface area contributed by atoms with Gasteiger partial charge in [0.2, 0.25) is 0 Å². The summed E-state index contributed by atoms with van der Waals surface area (Å²) < 4.78 is 6.54. The maximum atomic E-state index is 10.5. The molecule has 138 valence electrons. The predicted molar refractivity (Wildman–Crippen MR) is 101 cm³/mol. The first-order chi connectivity index (χ1) is 12.7. The Kier molecular flexibility index (Phi) is 4.63. The number of rotatable bonds is 3. The van der Waals surface area contributed by atoms with E-state index < -0.39 is 0 Å². The summed E-state index contributed by atoms with van der Waals surface area (Å²) in [5.74, 6) is -0.0918. The van der Waals surface area contributed by atoms with Gasteiger partial charge in [0.25, 0.3) is 0 Å². The van der Waals surface area contributed by atoms with Gasteiger partial charge in [0.15, 0.2) is 11.5 Å². The molecule has 4 N–H and O–H groups in total. The molecule has 1 aliphatic carbocycles. The van der Waals surface area contributed by atoms with Crippen LogP contribution in [0.4, 0.5) is 0 Å². The van der Waals surface area contributed by atoms with Gasteiger partial charge in [-0.25, -0.2) is 0 Å². The highest BCUT2D eigenvalue weighted by atomic mass is 16.5. The van der Waals surface area contributed by atoms with E-state index in [1.807, 2.05) is 12.1 Å². The minimum absolute atomic E-state index is 0.0201. The van der Waals surface area contributed by atoms with Crippen LogP contribution in [0, 0.1) is 0 Å². The number of ether oxygens (including phenoxy) is 1. The third-order valence-electron chi connectivity index (χ3n) is 6.29. The lowest BCUT2D eigenvalue weighted by Crippen LogP contribution is -2.47. The first-order valence-electron chi connectivity index (χ1n) is 9.60. The van der Waals surface area contributed by atoms with Crippen LogP contribution < -0.4 is 5.73 Å². The lowest BCUT2D eigenvalue weighted by molar-refractivity contribution is -0.0744. The van der Waals surface area contributed by atoms with Crippen LogP contribution in [0.5, 0.6) is 11.5 Å². The number of nitrogens with two attached hydrogens (primary N) is 1. The molecule has 26 heavy (non-hydrogen) atoms. The van der Waals surface area contributed by atoms with E-state index >= 15 is 0 Å². The summed E-state index contributed by atoms with van der Waals surface area (Å²) in [5.41, 5.74) is 8.94. The third-order valence-corrected chi connectivity index (χ3v) is 6.29. The molecule has 0 spiro atoms. The molecule has 1 saturated carbocycles. The van der Waals surface area contributed by atoms with Crippen molar-refractivity contribution in [1.29, 1.82) is 0 Å². The largest absolute Gasteiger partial charge is 0.504 e. The molecule has 1 aliphatic heterocycles. The minimum atomic E-state index is -0.252. The number of phenols is 2. The fourth-order valence-corrected chi connectivity index (χ4v) is 4.92. The number of hydrogen-bond donors (Lipinski definition) is 3. The van der Waals surface area contributed by atoms with Crippen molar-refractivity contribution >= 4 is 0 Å². The van der Waals surface area contributed by atoms with E-state index in [9.17, 15) is 10.2 Å². The maximum absolute atomic E-state index is 10.5. The average molecular weight is 353 g/mol. The Labute approximate surface area is 154 Å². The van der Waals surface area contributed by atoms with Crippen molar-refractivity contribution in [2.24, 2.45) is 5.73 Å². The molecule has 0 aromatic heterocycles. The van der Waals surface area contributed by atoms with Gasteiger partial charge in [-0.3, -0.25) is 0 Å². The Hall–Kier alpha value is -2.04. The maximum Gasteiger partial charge on any atom is 0.161 e. The smallest absolute Gasteiger partial charge is 0.161 e. The van der Waals surface area contributed by atoms with Crippen LogP contribution in [0.25, 0.3) is 0 Å². The van der Waals surface area contributed by atoms with Crippen molar-refractivity contribution in [2.75, 3.05) is 6.54 Å². The Morgan fingerprint density at radius 2 is 1.73 bits per heavy atom. The zero-order valence-corrected chi connectivity index (χ0v) is 15.0. The molecule has 0 bridgehead atoms. The van der Waals surface area contributed by atoms with Crippen LogP contribution in [-0.2, 0) is 16.6 Å². The number of benzene rings is 2. The molecule has 2 aliphatic rings. The molecule has 0 saturated heterocycles. The summed E-state index contributed by atoms with van der Waals surface area (Å²) in [7, 11) is 0. The van der Waals surface area contributed by atoms with E-state index in [1.54, 1.807) is 0 Å². The van der Waals surface area contributed by atoms with Gasteiger partial charge in [0, 0.05) is 23.9 Å². The highest BCUT2D eigenvalue weighted by Gasteiger charge is 2.45. The molecule has 1 heterocycles. The Balaban J connectivity index is 1.79. The zero-order chi connectivity index (χ0) is 18.1. The summed E-state index contributed by atoms with van der Waals surface area (Å²) in [4.78, 5) is 0. The molecular weight excluding hydrogens is 326 g/mol. The van der Waals surface area contributed by atoms with Crippen LogP contribution in [0.1, 0.15) is 54.9 Å². The molecule has 0 amide bonds. The van der Waals surface area contributed by atoms with E-state index in [-0.39, 0.29) is 29.1 Å². The second-order valence-electron chi connectivity index (χ2n) is 7.64. The average Bonchev–Trinajstić information content (AvgIpc) is 2.71. The van der Waals surface area contributed by atoms with Crippen LogP contribution >= 0.6 is 0 Å². The second-order valence-corrected chi connectivity index (χ2v) is 7.64. The zero-order valence-electron chi connectivity index (χ0n) is 15.0. The summed E-state index contributed by atoms with van der Waals surface area (Å²) in [6, 6.07) is 14.0. The quantitative estimate of drug-likeness (QED) is 0.731. The summed E-state index contributed by atoms with van der Waals surface area (Å²) in [6.07, 6.45) is 6.06. The standard InChI is InChI=1S/C22H27NO3/c23-14-19-16-9-10-18(24)21(25)17(16)13-20(26-19)22(11-5-2-6-12-22)15-7-3-1-4-8-15/h1,3-4,7-10,19-20,24-25H,2,5-6,11-14,23H2. The summed E-state index contributed by atoms with van der Waals surface area (Å²) in [6.45, 7) is 0.360. The van der Waals surface area contributed by atoms with E-state index in [0.717, 1.165) is 24.0 Å². The predicted octanol–water partition coefficient (Wildman–Crippen LogP) is 3.94. The molecule has 2 aromatic carbocycles. The first-order valence-corrected chi connectivity index (χ1v) is 9.60. The van der Waals surface area contributed by atoms with Gasteiger partial charge >= 0.3 is 0 Å². The fourth-order valence-electron chi connectivity index (χ4n) is 4.92. The van der Waals surface area contributed by atoms with E-state index in [1.165, 1.54) is 30.9 Å². The van der Waals surface area contributed by atoms with Gasteiger partial charge in [0.1, 0.15) is 0 Å². The Morgan fingerprint density at radius 1 is 1.00 bits per heavy atom. The highest BCUT2D eigenvalue weighted by molar-refractivity contribution is 5.51. The summed E-state index contributed by atoms with van der Waals surface area (Å²) in [5, 5.41) is 20.5. The number of hydrogen-bond acceptors (Lipinski definition) is 4. The molecule has 4 nitrogen and oxygen atoms in total. The van der Waals surface area contributed by atoms with Crippen molar-refractivity contribution in [3.63, 3.8) is 0 Å². The number of phenolic OH excluding ortho intramolecular Hbond substituents is 2. The summed E-state index contributed by atoms with van der Waals surface area (Å²) >= 11 is 0. The molecule has 2 atom stereocenters. The normalized spacial score (nSPS) is 24.8. The van der Waals surface area contributed by atoms with Gasteiger partial charge in [-0.2, -0.15) is 0 Å². The molecule has 4 heteroatoms. The Morgan fingerprint density at radius 3 is 2.42 bits per heavy atom. The SMILES string of the molecule is NCC1OC(C2(c3ccccc3)CCCCC2)Cc2c1ccc(O)c2O. The van der Waals surface area contributed by atoms with Crippen molar-refractivity contribution < 1.29 is 14.9 Å². The van der Waals surface area contributed by atoms with Crippen LogP contribution in [0.15, 0.2) is 42.5 Å². The van der Waals surface area contributed by atoms with E-state index in [2.05, 4.69) is 24.3 Å². The molecule has 4 rings (SSSR count). The monoisotopic (exact) mass is 353 g/mol. The number of aromatic hydroxyl groups is 2. The van der Waals surface area contributed by atoms with E-state index in [4.69, 9.17) is 10.5 Å². The third kappa shape index (κ3) is 2.78. The molecule has 0 radical (unpaired) electrons. The topological polar surface area (TPSA) is 75.7 Å². The van der Waals surface area contributed by atoms with Gasteiger partial charge in [-0.05, 0) is 30.0 Å². The lowest BCUT2D eigenvalue weighted by Gasteiger charge is -2.47. The fraction of sp³-hybridized carbons (Fsp3) is 0.455. The molecular formula is C22H27NO3. The minimum Gasteiger partial charge on any atom is -0.504 e. The van der Waals surface area contributed by atoms with E-state index in [0.29, 0.717) is 13.0 Å². The van der Waals surface area contributed by atoms with Gasteiger partial charge < -0.3 is 20.7 Å². The highest BCUT2D eigenvalue weighted by Crippen LogP contribution is 2.49. The molecule has 2 unspecified atom stereocenters. The van der Waals surface area contributed by atoms with Crippen molar-refractivity contribution in [3.05, 3.63) is 59.2 Å². The van der Waals surface area contributed by atoms with Crippen LogP contribution in [-0.4, -0.2) is 22.9 Å². The van der Waals surface area contributed by atoms with Crippen molar-refractivity contribution in [1.82, 2.24) is 0 Å². The van der Waals surface area contributed by atoms with Crippen molar-refractivity contribution in [3.8, 4) is 11.5 Å². The van der Waals surface area contributed by atoms with Crippen molar-refractivity contribution in [2.45, 2.75) is 56.1 Å². The van der Waals surface area contributed by atoms with Crippen LogP contribution in [0.2, 0.25) is 0 Å². The number of fused-ring (bicyclic) bond motifs is 1. The van der Waals surface area contributed by atoms with Gasteiger partial charge in [-0.1, -0.05) is 55.7 Å². The molecule has 1 fully saturated rings. The molecule has 2 aromatic rings. The Bertz CT molecular complexity index is 768.